The van der Waals surface area contributed by atoms with E-state index in [1.54, 1.807) is 70.2 Å². The van der Waals surface area contributed by atoms with E-state index in [-0.39, 0.29) is 9.81 Å². The summed E-state index contributed by atoms with van der Waals surface area (Å²) in [7, 11) is -3.55. The molecule has 0 aliphatic carbocycles. The molecule has 0 heterocycles. The molecule has 0 aliphatic heterocycles. The molecule has 3 nitrogen and oxygen atoms in total. The first kappa shape index (κ1) is 19.6. The van der Waals surface area contributed by atoms with Crippen molar-refractivity contribution >= 4 is 9.84 Å². The first-order chi connectivity index (χ1) is 9.75. The van der Waals surface area contributed by atoms with Crippen LogP contribution in [0.3, 0.4) is 0 Å². The number of allylic oxidation sites excluding steroid dienone is 7. The SMILES string of the molecule is C/C=C\C(=C/C)S(=O)(=O)C(/C=C\C)=C/C=C/C(C)(O)CC. The van der Waals surface area contributed by atoms with E-state index in [1.165, 1.54) is 6.08 Å². The fourth-order valence-electron chi connectivity index (χ4n) is 1.51. The molecule has 0 bridgehead atoms. The van der Waals surface area contributed by atoms with Gasteiger partial charge in [0, 0.05) is 0 Å². The molecule has 0 spiro atoms. The van der Waals surface area contributed by atoms with Crippen LogP contribution in [-0.4, -0.2) is 19.1 Å². The largest absolute Gasteiger partial charge is 0.386 e. The van der Waals surface area contributed by atoms with E-state index in [2.05, 4.69) is 0 Å². The number of rotatable bonds is 7. The van der Waals surface area contributed by atoms with Crippen molar-refractivity contribution in [3.63, 3.8) is 0 Å². The summed E-state index contributed by atoms with van der Waals surface area (Å²) >= 11 is 0. The van der Waals surface area contributed by atoms with Gasteiger partial charge in [0.2, 0.25) is 9.84 Å². The number of aliphatic hydroxyl groups is 1. The van der Waals surface area contributed by atoms with Crippen LogP contribution < -0.4 is 0 Å². The van der Waals surface area contributed by atoms with E-state index >= 15 is 0 Å². The van der Waals surface area contributed by atoms with Crippen LogP contribution in [0, 0.1) is 0 Å². The maximum atomic E-state index is 12.5. The number of sulfone groups is 1. The summed E-state index contributed by atoms with van der Waals surface area (Å²) in [5.41, 5.74) is -0.936. The third kappa shape index (κ3) is 6.27. The lowest BCUT2D eigenvalue weighted by Gasteiger charge is -2.15. The molecule has 0 aromatic heterocycles. The molecule has 0 aliphatic rings. The van der Waals surface area contributed by atoms with Gasteiger partial charge in [0.05, 0.1) is 15.4 Å². The zero-order chi connectivity index (χ0) is 16.5. The Morgan fingerprint density at radius 1 is 1.10 bits per heavy atom. The molecular weight excluding hydrogens is 284 g/mol. The van der Waals surface area contributed by atoms with Crippen LogP contribution in [0.2, 0.25) is 0 Å². The Labute approximate surface area is 129 Å². The van der Waals surface area contributed by atoms with Crippen LogP contribution in [0.25, 0.3) is 0 Å². The van der Waals surface area contributed by atoms with Crippen LogP contribution in [0.1, 0.15) is 41.0 Å². The fourth-order valence-corrected chi connectivity index (χ4v) is 2.98. The normalized spacial score (nSPS) is 18.0. The molecule has 21 heavy (non-hydrogen) atoms. The summed E-state index contributed by atoms with van der Waals surface area (Å²) in [5, 5.41) is 9.90. The molecule has 0 saturated carbocycles. The monoisotopic (exact) mass is 310 g/mol. The zero-order valence-electron chi connectivity index (χ0n) is 13.5. The molecule has 0 radical (unpaired) electrons. The topological polar surface area (TPSA) is 54.4 Å². The van der Waals surface area contributed by atoms with Crippen LogP contribution in [0.4, 0.5) is 0 Å². The standard InChI is InChI=1S/C17H26O3S/c1-6-11-15(8-3)21(19,20)16(12-7-2)13-10-14-17(5,18)9-4/h6-8,10-14,18H,9H2,1-5H3/b11-6-,12-7-,14-10+,15-8+,16-13+. The van der Waals surface area contributed by atoms with E-state index in [9.17, 15) is 13.5 Å². The number of hydrogen-bond acceptors (Lipinski definition) is 3. The average molecular weight is 310 g/mol. The highest BCUT2D eigenvalue weighted by molar-refractivity contribution is 7.99. The lowest BCUT2D eigenvalue weighted by molar-refractivity contribution is 0.108. The van der Waals surface area contributed by atoms with Gasteiger partial charge in [0.1, 0.15) is 0 Å². The van der Waals surface area contributed by atoms with Gasteiger partial charge in [-0.2, -0.15) is 0 Å². The van der Waals surface area contributed by atoms with Crippen LogP contribution in [-0.2, 0) is 9.84 Å². The fraction of sp³-hybridized carbons (Fsp3) is 0.412. The van der Waals surface area contributed by atoms with Crippen molar-refractivity contribution in [3.8, 4) is 0 Å². The highest BCUT2D eigenvalue weighted by Gasteiger charge is 2.18. The minimum absolute atomic E-state index is 0.194. The second-order valence-corrected chi connectivity index (χ2v) is 6.78. The molecule has 118 valence electrons. The van der Waals surface area contributed by atoms with Crippen molar-refractivity contribution < 1.29 is 13.5 Å². The maximum absolute atomic E-state index is 12.5. The van der Waals surface area contributed by atoms with Crippen molar-refractivity contribution in [2.75, 3.05) is 0 Å². The van der Waals surface area contributed by atoms with Gasteiger partial charge in [0.25, 0.3) is 0 Å². The number of hydrogen-bond donors (Lipinski definition) is 1. The van der Waals surface area contributed by atoms with Crippen molar-refractivity contribution in [1.29, 1.82) is 0 Å². The summed E-state index contributed by atoms with van der Waals surface area (Å²) < 4.78 is 25.1. The molecule has 1 atom stereocenters. The quantitative estimate of drug-likeness (QED) is 0.721. The van der Waals surface area contributed by atoms with E-state index < -0.39 is 15.4 Å². The van der Waals surface area contributed by atoms with Gasteiger partial charge in [-0.1, -0.05) is 37.3 Å². The molecule has 0 aromatic rings. The van der Waals surface area contributed by atoms with Crippen molar-refractivity contribution in [1.82, 2.24) is 0 Å². The summed E-state index contributed by atoms with van der Waals surface area (Å²) in [5.74, 6) is 0. The highest BCUT2D eigenvalue weighted by Crippen LogP contribution is 2.20. The van der Waals surface area contributed by atoms with Gasteiger partial charge >= 0.3 is 0 Å². The third-order valence-electron chi connectivity index (χ3n) is 3.00. The average Bonchev–Trinajstić information content (AvgIpc) is 2.43. The van der Waals surface area contributed by atoms with E-state index in [0.717, 1.165) is 0 Å². The minimum Gasteiger partial charge on any atom is -0.386 e. The third-order valence-corrected chi connectivity index (χ3v) is 4.88. The smallest absolute Gasteiger partial charge is 0.206 e. The molecule has 1 N–H and O–H groups in total. The van der Waals surface area contributed by atoms with Crippen LogP contribution in [0.5, 0.6) is 0 Å². The van der Waals surface area contributed by atoms with E-state index in [0.29, 0.717) is 6.42 Å². The molecule has 0 amide bonds. The lowest BCUT2D eigenvalue weighted by Crippen LogP contribution is -2.18. The van der Waals surface area contributed by atoms with Gasteiger partial charge in [-0.3, -0.25) is 0 Å². The van der Waals surface area contributed by atoms with E-state index in [1.807, 2.05) is 6.92 Å². The minimum atomic E-state index is -3.55. The Kier molecular flexibility index (Phi) is 8.22. The molecule has 0 aromatic carbocycles. The maximum Gasteiger partial charge on any atom is 0.206 e. The lowest BCUT2D eigenvalue weighted by atomic mass is 10.0. The second-order valence-electron chi connectivity index (χ2n) is 4.83. The van der Waals surface area contributed by atoms with Gasteiger partial charge in [0.15, 0.2) is 0 Å². The van der Waals surface area contributed by atoms with E-state index in [4.69, 9.17) is 0 Å². The van der Waals surface area contributed by atoms with Crippen molar-refractivity contribution in [2.24, 2.45) is 0 Å². The molecule has 1 unspecified atom stereocenters. The second kappa shape index (κ2) is 8.80. The van der Waals surface area contributed by atoms with Crippen molar-refractivity contribution in [2.45, 2.75) is 46.6 Å². The Hall–Kier alpha value is -1.39. The molecule has 4 heteroatoms. The molecule has 0 rings (SSSR count). The zero-order valence-corrected chi connectivity index (χ0v) is 14.3. The summed E-state index contributed by atoms with van der Waals surface area (Å²) in [6.07, 6.45) is 13.3. The summed E-state index contributed by atoms with van der Waals surface area (Å²) in [4.78, 5) is 0.448. The summed E-state index contributed by atoms with van der Waals surface area (Å²) in [6.45, 7) is 8.77. The van der Waals surface area contributed by atoms with Gasteiger partial charge in [-0.25, -0.2) is 8.42 Å². The predicted octanol–water partition coefficient (Wildman–Crippen LogP) is 4.06. The molecule has 0 fully saturated rings. The Balaban J connectivity index is 5.72. The van der Waals surface area contributed by atoms with Crippen molar-refractivity contribution in [3.05, 3.63) is 58.4 Å². The van der Waals surface area contributed by atoms with Crippen LogP contribution >= 0.6 is 0 Å². The van der Waals surface area contributed by atoms with Gasteiger partial charge in [-0.15, -0.1) is 0 Å². The Morgan fingerprint density at radius 2 is 1.62 bits per heavy atom. The first-order valence-electron chi connectivity index (χ1n) is 7.03. The van der Waals surface area contributed by atoms with Gasteiger partial charge in [-0.05, 0) is 52.3 Å². The first-order valence-corrected chi connectivity index (χ1v) is 8.52. The summed E-state index contributed by atoms with van der Waals surface area (Å²) in [6, 6.07) is 0. The Bertz CT molecular complexity index is 571. The Morgan fingerprint density at radius 3 is 2.05 bits per heavy atom. The molecular formula is C17H26O3S. The van der Waals surface area contributed by atoms with Gasteiger partial charge < -0.3 is 5.11 Å². The molecule has 0 saturated heterocycles. The predicted molar refractivity (Wildman–Crippen MR) is 90.4 cm³/mol. The van der Waals surface area contributed by atoms with Crippen LogP contribution in [0.15, 0.2) is 58.4 Å². The highest BCUT2D eigenvalue weighted by atomic mass is 32.2.